The first-order valence-corrected chi connectivity index (χ1v) is 12.6. The Balaban J connectivity index is 1.38. The molecule has 1 saturated carbocycles. The van der Waals surface area contributed by atoms with E-state index in [1.165, 1.54) is 19.1 Å². The van der Waals surface area contributed by atoms with Crippen LogP contribution in [-0.4, -0.2) is 50.5 Å². The number of likely N-dealkylation sites (tertiary alicyclic amines) is 1. The lowest BCUT2D eigenvalue weighted by molar-refractivity contribution is -0.134. The van der Waals surface area contributed by atoms with Crippen LogP contribution in [0.15, 0.2) is 53.4 Å². The van der Waals surface area contributed by atoms with E-state index in [0.29, 0.717) is 11.0 Å². The van der Waals surface area contributed by atoms with Gasteiger partial charge < -0.3 is 10.2 Å². The van der Waals surface area contributed by atoms with Crippen LogP contribution in [0.25, 0.3) is 11.1 Å². The SMILES string of the molecule is CC(NC(=O)c1ccc(-c2cccc(S(C)(=O)=O)c2)cc1)C(=O)N1CCC2(CC1)CC2. The van der Waals surface area contributed by atoms with E-state index in [4.69, 9.17) is 0 Å². The minimum atomic E-state index is -3.29. The van der Waals surface area contributed by atoms with Gasteiger partial charge >= 0.3 is 0 Å². The summed E-state index contributed by atoms with van der Waals surface area (Å²) in [5.41, 5.74) is 2.54. The molecule has 0 bridgehead atoms. The van der Waals surface area contributed by atoms with Crippen LogP contribution < -0.4 is 5.32 Å². The molecular formula is C24H28N2O4S. The van der Waals surface area contributed by atoms with Crippen molar-refractivity contribution < 1.29 is 18.0 Å². The van der Waals surface area contributed by atoms with E-state index in [1.807, 2.05) is 11.0 Å². The van der Waals surface area contributed by atoms with Crippen LogP contribution in [0.4, 0.5) is 0 Å². The van der Waals surface area contributed by atoms with Crippen LogP contribution in [-0.2, 0) is 14.6 Å². The zero-order valence-corrected chi connectivity index (χ0v) is 18.7. The van der Waals surface area contributed by atoms with Gasteiger partial charge in [0.2, 0.25) is 5.91 Å². The van der Waals surface area contributed by atoms with Crippen LogP contribution in [0.1, 0.15) is 43.0 Å². The van der Waals surface area contributed by atoms with Crippen molar-refractivity contribution in [3.05, 3.63) is 54.1 Å². The Bertz CT molecular complexity index is 1090. The molecule has 2 amide bonds. The molecule has 1 atom stereocenters. The Morgan fingerprint density at radius 2 is 1.61 bits per heavy atom. The molecule has 164 valence electrons. The van der Waals surface area contributed by atoms with Crippen molar-refractivity contribution in [1.29, 1.82) is 0 Å². The zero-order chi connectivity index (χ0) is 22.2. The Labute approximate surface area is 183 Å². The third kappa shape index (κ3) is 4.82. The second-order valence-electron chi connectivity index (χ2n) is 8.90. The molecule has 4 rings (SSSR count). The predicted octanol–water partition coefficient (Wildman–Crippen LogP) is 3.28. The fourth-order valence-corrected chi connectivity index (χ4v) is 4.88. The van der Waals surface area contributed by atoms with E-state index >= 15 is 0 Å². The zero-order valence-electron chi connectivity index (χ0n) is 17.9. The summed E-state index contributed by atoms with van der Waals surface area (Å²) in [6.45, 7) is 3.29. The van der Waals surface area contributed by atoms with E-state index in [9.17, 15) is 18.0 Å². The number of nitrogens with zero attached hydrogens (tertiary/aromatic N) is 1. The number of nitrogens with one attached hydrogen (secondary N) is 1. The quantitative estimate of drug-likeness (QED) is 0.773. The highest BCUT2D eigenvalue weighted by atomic mass is 32.2. The molecule has 1 N–H and O–H groups in total. The summed E-state index contributed by atoms with van der Waals surface area (Å²) in [5, 5.41) is 2.81. The summed E-state index contributed by atoms with van der Waals surface area (Å²) in [6, 6.07) is 13.1. The number of benzene rings is 2. The molecule has 2 aromatic rings. The molecule has 1 aliphatic heterocycles. The number of amides is 2. The molecule has 1 aliphatic carbocycles. The molecular weight excluding hydrogens is 412 g/mol. The summed E-state index contributed by atoms with van der Waals surface area (Å²) >= 11 is 0. The third-order valence-corrected chi connectivity index (χ3v) is 7.66. The average molecular weight is 441 g/mol. The summed E-state index contributed by atoms with van der Waals surface area (Å²) in [5.74, 6) is -0.328. The highest BCUT2D eigenvalue weighted by Crippen LogP contribution is 2.53. The Morgan fingerprint density at radius 1 is 0.968 bits per heavy atom. The van der Waals surface area contributed by atoms with Crippen LogP contribution in [0, 0.1) is 5.41 Å². The van der Waals surface area contributed by atoms with Gasteiger partial charge in [0.1, 0.15) is 6.04 Å². The topological polar surface area (TPSA) is 83.5 Å². The molecule has 6 nitrogen and oxygen atoms in total. The third-order valence-electron chi connectivity index (χ3n) is 6.55. The molecule has 7 heteroatoms. The fraction of sp³-hybridized carbons (Fsp3) is 0.417. The van der Waals surface area contributed by atoms with Crippen molar-refractivity contribution in [1.82, 2.24) is 10.2 Å². The number of hydrogen-bond donors (Lipinski definition) is 1. The van der Waals surface area contributed by atoms with E-state index in [-0.39, 0.29) is 16.7 Å². The second kappa shape index (κ2) is 8.11. The first-order chi connectivity index (χ1) is 14.7. The van der Waals surface area contributed by atoms with Gasteiger partial charge in [-0.2, -0.15) is 0 Å². The van der Waals surface area contributed by atoms with Gasteiger partial charge in [0.15, 0.2) is 9.84 Å². The number of carbonyl (C=O) groups excluding carboxylic acids is 2. The molecule has 2 fully saturated rings. The minimum absolute atomic E-state index is 0.0296. The number of rotatable bonds is 5. The number of piperidine rings is 1. The van der Waals surface area contributed by atoms with Crippen LogP contribution in [0.3, 0.4) is 0 Å². The lowest BCUT2D eigenvalue weighted by atomic mass is 9.93. The monoisotopic (exact) mass is 440 g/mol. The highest BCUT2D eigenvalue weighted by Gasteiger charge is 2.45. The lowest BCUT2D eigenvalue weighted by Gasteiger charge is -2.33. The summed E-state index contributed by atoms with van der Waals surface area (Å²) < 4.78 is 23.6. The molecule has 1 heterocycles. The summed E-state index contributed by atoms with van der Waals surface area (Å²) in [7, 11) is -3.29. The minimum Gasteiger partial charge on any atom is -0.341 e. The maximum Gasteiger partial charge on any atom is 0.251 e. The van der Waals surface area contributed by atoms with Crippen LogP contribution in [0.5, 0.6) is 0 Å². The van der Waals surface area contributed by atoms with Crippen molar-refractivity contribution in [3.63, 3.8) is 0 Å². The first kappa shape index (κ1) is 21.6. The standard InChI is InChI=1S/C24H28N2O4S/c1-17(23(28)26-14-12-24(10-11-24)13-15-26)25-22(27)19-8-6-18(7-9-19)20-4-3-5-21(16-20)31(2,29)30/h3-9,16-17H,10-15H2,1-2H3,(H,25,27). The number of carbonyl (C=O) groups is 2. The van der Waals surface area contributed by atoms with Gasteiger partial charge in [-0.05, 0) is 73.4 Å². The molecule has 31 heavy (non-hydrogen) atoms. The Hall–Kier alpha value is -2.67. The van der Waals surface area contributed by atoms with Crippen LogP contribution >= 0.6 is 0 Å². The van der Waals surface area contributed by atoms with Gasteiger partial charge in [-0.15, -0.1) is 0 Å². The molecule has 2 aromatic carbocycles. The van der Waals surface area contributed by atoms with E-state index in [0.717, 1.165) is 37.1 Å². The van der Waals surface area contributed by atoms with Gasteiger partial charge in [-0.25, -0.2) is 8.42 Å². The molecule has 1 unspecified atom stereocenters. The lowest BCUT2D eigenvalue weighted by Crippen LogP contribution is -2.49. The van der Waals surface area contributed by atoms with Crippen LogP contribution in [0.2, 0.25) is 0 Å². The highest BCUT2D eigenvalue weighted by molar-refractivity contribution is 7.90. The smallest absolute Gasteiger partial charge is 0.251 e. The second-order valence-corrected chi connectivity index (χ2v) is 10.9. The van der Waals surface area contributed by atoms with Gasteiger partial charge in [0.25, 0.3) is 5.91 Å². The van der Waals surface area contributed by atoms with Crippen molar-refractivity contribution in [2.45, 2.75) is 43.5 Å². The maximum absolute atomic E-state index is 12.7. The van der Waals surface area contributed by atoms with Gasteiger partial charge in [-0.3, -0.25) is 9.59 Å². The molecule has 2 aliphatic rings. The van der Waals surface area contributed by atoms with E-state index in [1.54, 1.807) is 49.4 Å². The number of sulfone groups is 1. The normalized spacial score (nSPS) is 18.5. The number of hydrogen-bond acceptors (Lipinski definition) is 4. The Kier molecular flexibility index (Phi) is 5.64. The van der Waals surface area contributed by atoms with Gasteiger partial charge in [0.05, 0.1) is 4.90 Å². The van der Waals surface area contributed by atoms with Gasteiger partial charge in [0, 0.05) is 24.9 Å². The average Bonchev–Trinajstić information content (AvgIpc) is 3.52. The van der Waals surface area contributed by atoms with E-state index in [2.05, 4.69) is 5.32 Å². The molecule has 0 radical (unpaired) electrons. The predicted molar refractivity (Wildman–Crippen MR) is 119 cm³/mol. The largest absolute Gasteiger partial charge is 0.341 e. The fourth-order valence-electron chi connectivity index (χ4n) is 4.21. The first-order valence-electron chi connectivity index (χ1n) is 10.7. The molecule has 1 spiro atoms. The summed E-state index contributed by atoms with van der Waals surface area (Å²) in [6.07, 6.45) is 5.89. The van der Waals surface area contributed by atoms with Crippen molar-refractivity contribution in [2.75, 3.05) is 19.3 Å². The molecule has 1 saturated heterocycles. The summed E-state index contributed by atoms with van der Waals surface area (Å²) in [4.78, 5) is 27.5. The Morgan fingerprint density at radius 3 is 2.19 bits per heavy atom. The van der Waals surface area contributed by atoms with E-state index < -0.39 is 15.9 Å². The van der Waals surface area contributed by atoms with Crippen molar-refractivity contribution >= 4 is 21.7 Å². The van der Waals surface area contributed by atoms with Gasteiger partial charge in [-0.1, -0.05) is 24.3 Å². The van der Waals surface area contributed by atoms with Crippen molar-refractivity contribution in [3.8, 4) is 11.1 Å². The van der Waals surface area contributed by atoms with Crippen molar-refractivity contribution in [2.24, 2.45) is 5.41 Å². The maximum atomic E-state index is 12.7. The molecule has 0 aromatic heterocycles.